The number of fused-ring (bicyclic) bond motifs is 2. The van der Waals surface area contributed by atoms with E-state index in [9.17, 15) is 34.8 Å². The highest BCUT2D eigenvalue weighted by Gasteiger charge is 2.61. The van der Waals surface area contributed by atoms with E-state index in [1.807, 2.05) is 0 Å². The standard InChI is InChI=1S/C10H10F6O3S/c11-9(12,13)8(10(14,15)16)19-20(17,18)7-4-5-1-2-6(7)3-5/h1-2,5-8H,3-4H2. The Kier molecular flexibility index (Phi) is 3.61. The maximum Gasteiger partial charge on any atom is 0.425 e. The molecule has 0 aromatic rings. The molecule has 0 aliphatic heterocycles. The van der Waals surface area contributed by atoms with Crippen LogP contribution in [0.4, 0.5) is 26.3 Å². The van der Waals surface area contributed by atoms with Crippen LogP contribution in [0.3, 0.4) is 0 Å². The summed E-state index contributed by atoms with van der Waals surface area (Å²) in [5, 5.41) is -1.34. The lowest BCUT2D eigenvalue weighted by Crippen LogP contribution is -2.47. The van der Waals surface area contributed by atoms with Crippen LogP contribution in [0.1, 0.15) is 12.8 Å². The Labute approximate surface area is 110 Å². The van der Waals surface area contributed by atoms with E-state index < -0.39 is 39.7 Å². The molecule has 20 heavy (non-hydrogen) atoms. The Morgan fingerprint density at radius 1 is 1.00 bits per heavy atom. The van der Waals surface area contributed by atoms with Gasteiger partial charge < -0.3 is 0 Å². The van der Waals surface area contributed by atoms with E-state index in [2.05, 4.69) is 4.18 Å². The van der Waals surface area contributed by atoms with Crippen LogP contribution in [-0.2, 0) is 14.3 Å². The molecule has 2 rings (SSSR count). The van der Waals surface area contributed by atoms with Gasteiger partial charge in [-0.25, -0.2) is 4.18 Å². The average Bonchev–Trinajstić information content (AvgIpc) is 2.84. The molecule has 2 aliphatic carbocycles. The Bertz CT molecular complexity index is 492. The summed E-state index contributed by atoms with van der Waals surface area (Å²) in [6, 6.07) is 0. The molecule has 3 unspecified atom stereocenters. The molecule has 2 bridgehead atoms. The van der Waals surface area contributed by atoms with Crippen LogP contribution in [0.5, 0.6) is 0 Å². The predicted octanol–water partition coefficient (Wildman–Crippen LogP) is 2.79. The van der Waals surface area contributed by atoms with Gasteiger partial charge in [0.25, 0.3) is 16.2 Å². The first-order chi connectivity index (χ1) is 8.91. The van der Waals surface area contributed by atoms with Gasteiger partial charge in [-0.1, -0.05) is 12.2 Å². The van der Waals surface area contributed by atoms with Gasteiger partial charge in [-0.15, -0.1) is 0 Å². The van der Waals surface area contributed by atoms with Crippen LogP contribution < -0.4 is 0 Å². The van der Waals surface area contributed by atoms with Gasteiger partial charge >= 0.3 is 12.4 Å². The van der Waals surface area contributed by atoms with Crippen molar-refractivity contribution in [3.8, 4) is 0 Å². The van der Waals surface area contributed by atoms with Crippen molar-refractivity contribution in [3.63, 3.8) is 0 Å². The molecule has 0 saturated heterocycles. The van der Waals surface area contributed by atoms with E-state index in [-0.39, 0.29) is 12.3 Å². The summed E-state index contributed by atoms with van der Waals surface area (Å²) in [5.74, 6) is -0.703. The number of allylic oxidation sites excluding steroid dienone is 2. The predicted molar refractivity (Wildman–Crippen MR) is 55.0 cm³/mol. The number of hydrogen-bond acceptors (Lipinski definition) is 3. The van der Waals surface area contributed by atoms with Crippen molar-refractivity contribution in [2.24, 2.45) is 11.8 Å². The van der Waals surface area contributed by atoms with Crippen molar-refractivity contribution in [1.29, 1.82) is 0 Å². The Morgan fingerprint density at radius 2 is 1.55 bits per heavy atom. The van der Waals surface area contributed by atoms with E-state index in [1.165, 1.54) is 6.08 Å². The molecule has 3 nitrogen and oxygen atoms in total. The molecule has 0 spiro atoms. The molecule has 116 valence electrons. The molecule has 10 heteroatoms. The van der Waals surface area contributed by atoms with Crippen molar-refractivity contribution in [1.82, 2.24) is 0 Å². The van der Waals surface area contributed by atoms with Gasteiger partial charge in [-0.05, 0) is 24.7 Å². The van der Waals surface area contributed by atoms with Gasteiger partial charge in [-0.2, -0.15) is 34.8 Å². The minimum Gasteiger partial charge on any atom is -0.247 e. The molecular formula is C10H10F6O3S. The van der Waals surface area contributed by atoms with Crippen LogP contribution in [0.25, 0.3) is 0 Å². The van der Waals surface area contributed by atoms with Crippen LogP contribution in [0.15, 0.2) is 12.2 Å². The van der Waals surface area contributed by atoms with Crippen molar-refractivity contribution in [2.75, 3.05) is 0 Å². The van der Waals surface area contributed by atoms with E-state index >= 15 is 0 Å². The van der Waals surface area contributed by atoms with E-state index in [0.717, 1.165) is 0 Å². The second kappa shape index (κ2) is 4.62. The zero-order valence-corrected chi connectivity index (χ0v) is 10.6. The van der Waals surface area contributed by atoms with Crippen LogP contribution in [0.2, 0.25) is 0 Å². The number of rotatable bonds is 3. The number of halogens is 6. The fourth-order valence-electron chi connectivity index (χ4n) is 2.56. The maximum absolute atomic E-state index is 12.3. The van der Waals surface area contributed by atoms with Crippen molar-refractivity contribution in [3.05, 3.63) is 12.2 Å². The molecule has 1 saturated carbocycles. The van der Waals surface area contributed by atoms with Crippen LogP contribution >= 0.6 is 0 Å². The van der Waals surface area contributed by atoms with E-state index in [4.69, 9.17) is 0 Å². The van der Waals surface area contributed by atoms with Gasteiger partial charge in [0.05, 0.1) is 5.25 Å². The Balaban J connectivity index is 2.20. The van der Waals surface area contributed by atoms with E-state index in [0.29, 0.717) is 6.42 Å². The zero-order valence-electron chi connectivity index (χ0n) is 9.78. The summed E-state index contributed by atoms with van der Waals surface area (Å²) >= 11 is 0. The highest BCUT2D eigenvalue weighted by molar-refractivity contribution is 7.87. The molecule has 1 fully saturated rings. The van der Waals surface area contributed by atoms with Crippen molar-refractivity contribution >= 4 is 10.1 Å². The lowest BCUT2D eigenvalue weighted by molar-refractivity contribution is -0.299. The maximum atomic E-state index is 12.3. The largest absolute Gasteiger partial charge is 0.425 e. The fourth-order valence-corrected chi connectivity index (χ4v) is 4.30. The SMILES string of the molecule is O=S(=O)(OC(C(F)(F)F)C(F)(F)F)C1CC2C=CC1C2. The highest BCUT2D eigenvalue weighted by Crippen LogP contribution is 2.45. The summed E-state index contributed by atoms with van der Waals surface area (Å²) in [7, 11) is -4.95. The molecule has 0 aromatic heterocycles. The fraction of sp³-hybridized carbons (Fsp3) is 0.800. The average molecular weight is 324 g/mol. The lowest BCUT2D eigenvalue weighted by atomic mass is 10.1. The van der Waals surface area contributed by atoms with E-state index in [1.54, 1.807) is 6.08 Å². The van der Waals surface area contributed by atoms with Crippen molar-refractivity contribution < 1.29 is 38.9 Å². The molecule has 0 heterocycles. The lowest BCUT2D eigenvalue weighted by Gasteiger charge is -2.25. The smallest absolute Gasteiger partial charge is 0.247 e. The zero-order chi connectivity index (χ0) is 15.3. The van der Waals surface area contributed by atoms with Gasteiger partial charge in [0, 0.05) is 0 Å². The summed E-state index contributed by atoms with van der Waals surface area (Å²) in [5.41, 5.74) is 0. The third-order valence-corrected chi connectivity index (χ3v) is 5.16. The molecule has 0 radical (unpaired) electrons. The number of hydrogen-bond donors (Lipinski definition) is 0. The summed E-state index contributed by atoms with van der Waals surface area (Å²) < 4.78 is 101. The first-order valence-electron chi connectivity index (χ1n) is 5.65. The third-order valence-electron chi connectivity index (χ3n) is 3.41. The van der Waals surface area contributed by atoms with Gasteiger partial charge in [-0.3, -0.25) is 0 Å². The normalized spacial score (nSPS) is 30.4. The minimum atomic E-state index is -5.83. The quantitative estimate of drug-likeness (QED) is 0.455. The minimum absolute atomic E-state index is 0.00800. The topological polar surface area (TPSA) is 43.4 Å². The highest BCUT2D eigenvalue weighted by atomic mass is 32.2. The molecule has 0 amide bonds. The molecular weight excluding hydrogens is 314 g/mol. The monoisotopic (exact) mass is 324 g/mol. The second-order valence-corrected chi connectivity index (χ2v) is 6.65. The Hall–Kier alpha value is -0.770. The van der Waals surface area contributed by atoms with Crippen molar-refractivity contribution in [2.45, 2.75) is 36.5 Å². The van der Waals surface area contributed by atoms with Crippen LogP contribution in [0, 0.1) is 11.8 Å². The Morgan fingerprint density at radius 3 is 1.90 bits per heavy atom. The molecule has 0 N–H and O–H groups in total. The first kappa shape index (κ1) is 15.6. The first-order valence-corrected chi connectivity index (χ1v) is 7.12. The second-order valence-electron chi connectivity index (χ2n) is 4.87. The van der Waals surface area contributed by atoms with Gasteiger partial charge in [0.15, 0.2) is 0 Å². The summed E-state index contributed by atoms with van der Waals surface area (Å²) in [6.45, 7) is 0. The molecule has 3 atom stereocenters. The summed E-state index contributed by atoms with van der Waals surface area (Å²) in [4.78, 5) is 0. The number of alkyl halides is 6. The molecule has 2 aliphatic rings. The summed E-state index contributed by atoms with van der Waals surface area (Å²) in [6.07, 6.45) is -12.4. The van der Waals surface area contributed by atoms with Gasteiger partial charge in [0.1, 0.15) is 0 Å². The van der Waals surface area contributed by atoms with Gasteiger partial charge in [0.2, 0.25) is 0 Å². The third kappa shape index (κ3) is 2.95. The van der Waals surface area contributed by atoms with Crippen LogP contribution in [-0.4, -0.2) is 32.1 Å². The molecule has 0 aromatic carbocycles.